The normalized spacial score (nSPS) is 14.2. The standard InChI is InChI=1S/C23H26N6O2/c1-17-5-4-6-18(15-17)16-26-20-21(24)27-23(28-22(20)29-10-13-30-14-11-29)31-12-8-19-7-2-3-9-25-19/h2-7,9,15-16H,8,10-14H2,1H3,(H2,24,27,28). The minimum absolute atomic E-state index is 0.240. The predicted octanol–water partition coefficient (Wildman–Crippen LogP) is 2.97. The van der Waals surface area contributed by atoms with Gasteiger partial charge in [-0.2, -0.15) is 9.97 Å². The Bertz CT molecular complexity index is 1040. The number of ether oxygens (including phenoxy) is 2. The summed E-state index contributed by atoms with van der Waals surface area (Å²) in [6.07, 6.45) is 4.21. The van der Waals surface area contributed by atoms with Crippen LogP contribution in [0.25, 0.3) is 0 Å². The van der Waals surface area contributed by atoms with Gasteiger partial charge in [0, 0.05) is 37.6 Å². The van der Waals surface area contributed by atoms with Crippen molar-refractivity contribution in [3.8, 4) is 6.01 Å². The van der Waals surface area contributed by atoms with Gasteiger partial charge in [-0.05, 0) is 24.6 Å². The summed E-state index contributed by atoms with van der Waals surface area (Å²) in [4.78, 5) is 20.0. The Labute approximate surface area is 181 Å². The van der Waals surface area contributed by atoms with Gasteiger partial charge in [0.15, 0.2) is 11.6 Å². The first-order valence-electron chi connectivity index (χ1n) is 10.3. The van der Waals surface area contributed by atoms with Crippen molar-refractivity contribution in [3.05, 3.63) is 65.5 Å². The van der Waals surface area contributed by atoms with Gasteiger partial charge in [0.25, 0.3) is 0 Å². The van der Waals surface area contributed by atoms with E-state index in [1.54, 1.807) is 12.4 Å². The molecule has 31 heavy (non-hydrogen) atoms. The van der Waals surface area contributed by atoms with Crippen molar-refractivity contribution in [1.29, 1.82) is 0 Å². The zero-order valence-corrected chi connectivity index (χ0v) is 17.6. The molecule has 1 aliphatic rings. The average molecular weight is 419 g/mol. The number of rotatable bonds is 7. The van der Waals surface area contributed by atoms with Gasteiger partial charge in [-0.15, -0.1) is 0 Å². The van der Waals surface area contributed by atoms with Crippen molar-refractivity contribution >= 4 is 23.5 Å². The molecule has 8 heteroatoms. The third-order valence-electron chi connectivity index (χ3n) is 4.88. The van der Waals surface area contributed by atoms with Crippen LogP contribution >= 0.6 is 0 Å². The van der Waals surface area contributed by atoms with Gasteiger partial charge >= 0.3 is 6.01 Å². The second-order valence-electron chi connectivity index (χ2n) is 7.25. The van der Waals surface area contributed by atoms with Crippen LogP contribution in [0.15, 0.2) is 53.7 Å². The molecule has 1 aliphatic heterocycles. The molecule has 0 radical (unpaired) electrons. The third kappa shape index (κ3) is 5.55. The molecule has 1 saturated heterocycles. The highest BCUT2D eigenvalue weighted by atomic mass is 16.5. The van der Waals surface area contributed by atoms with Crippen LogP contribution in [0.5, 0.6) is 6.01 Å². The molecule has 3 aromatic rings. The number of anilines is 2. The fourth-order valence-electron chi connectivity index (χ4n) is 3.31. The number of nitrogens with two attached hydrogens (primary N) is 1. The number of morpholine rings is 1. The van der Waals surface area contributed by atoms with E-state index in [9.17, 15) is 0 Å². The molecular formula is C23H26N6O2. The van der Waals surface area contributed by atoms with E-state index < -0.39 is 0 Å². The largest absolute Gasteiger partial charge is 0.463 e. The second kappa shape index (κ2) is 9.99. The smallest absolute Gasteiger partial charge is 0.320 e. The van der Waals surface area contributed by atoms with Crippen molar-refractivity contribution in [2.75, 3.05) is 43.5 Å². The zero-order chi connectivity index (χ0) is 21.5. The fraction of sp³-hybridized carbons (Fsp3) is 0.304. The lowest BCUT2D eigenvalue weighted by Gasteiger charge is -2.29. The minimum Gasteiger partial charge on any atom is -0.463 e. The van der Waals surface area contributed by atoms with Gasteiger partial charge < -0.3 is 20.1 Å². The van der Waals surface area contributed by atoms with Crippen LogP contribution in [0.4, 0.5) is 17.3 Å². The van der Waals surface area contributed by atoms with E-state index in [4.69, 9.17) is 15.2 Å². The van der Waals surface area contributed by atoms with Crippen LogP contribution in [0.1, 0.15) is 16.8 Å². The summed E-state index contributed by atoms with van der Waals surface area (Å²) in [7, 11) is 0. The molecule has 2 aromatic heterocycles. The van der Waals surface area contributed by atoms with E-state index in [1.165, 1.54) is 5.56 Å². The summed E-state index contributed by atoms with van der Waals surface area (Å²) in [5, 5.41) is 0. The van der Waals surface area contributed by atoms with E-state index >= 15 is 0 Å². The lowest BCUT2D eigenvalue weighted by atomic mass is 10.1. The predicted molar refractivity (Wildman–Crippen MR) is 121 cm³/mol. The van der Waals surface area contributed by atoms with Crippen LogP contribution in [0.3, 0.4) is 0 Å². The monoisotopic (exact) mass is 418 g/mol. The van der Waals surface area contributed by atoms with Gasteiger partial charge in [0.1, 0.15) is 5.69 Å². The number of nitrogen functional groups attached to an aromatic ring is 1. The van der Waals surface area contributed by atoms with E-state index in [0.717, 1.165) is 11.3 Å². The van der Waals surface area contributed by atoms with Crippen molar-refractivity contribution in [2.24, 2.45) is 4.99 Å². The van der Waals surface area contributed by atoms with Crippen molar-refractivity contribution in [1.82, 2.24) is 15.0 Å². The number of aryl methyl sites for hydroxylation is 1. The number of nitrogens with zero attached hydrogens (tertiary/aromatic N) is 5. The van der Waals surface area contributed by atoms with E-state index in [2.05, 4.69) is 30.9 Å². The number of aliphatic imine (C=N–C) groups is 1. The topological polar surface area (TPSA) is 98.8 Å². The summed E-state index contributed by atoms with van der Waals surface area (Å²) in [5.41, 5.74) is 9.93. The molecule has 0 aliphatic carbocycles. The number of benzene rings is 1. The number of hydrogen-bond donors (Lipinski definition) is 1. The molecule has 1 aromatic carbocycles. The van der Waals surface area contributed by atoms with Crippen molar-refractivity contribution in [2.45, 2.75) is 13.3 Å². The number of aromatic nitrogens is 3. The molecule has 160 valence electrons. The van der Waals surface area contributed by atoms with Gasteiger partial charge in [0.2, 0.25) is 0 Å². The Morgan fingerprint density at radius 2 is 2.03 bits per heavy atom. The Hall–Kier alpha value is -3.52. The summed E-state index contributed by atoms with van der Waals surface area (Å²) >= 11 is 0. The molecule has 8 nitrogen and oxygen atoms in total. The molecule has 0 spiro atoms. The molecule has 2 N–H and O–H groups in total. The van der Waals surface area contributed by atoms with E-state index in [-0.39, 0.29) is 11.8 Å². The van der Waals surface area contributed by atoms with Crippen molar-refractivity contribution in [3.63, 3.8) is 0 Å². The van der Waals surface area contributed by atoms with Crippen LogP contribution in [0, 0.1) is 6.92 Å². The first-order chi connectivity index (χ1) is 15.2. The molecule has 0 amide bonds. The van der Waals surface area contributed by atoms with Crippen LogP contribution < -0.4 is 15.4 Å². The van der Waals surface area contributed by atoms with E-state index in [1.807, 2.05) is 43.3 Å². The molecule has 1 fully saturated rings. The Morgan fingerprint density at radius 1 is 1.16 bits per heavy atom. The Morgan fingerprint density at radius 3 is 2.81 bits per heavy atom. The van der Waals surface area contributed by atoms with Gasteiger partial charge in [0.05, 0.1) is 19.8 Å². The van der Waals surface area contributed by atoms with Crippen LogP contribution in [-0.2, 0) is 11.2 Å². The number of hydrogen-bond acceptors (Lipinski definition) is 8. The second-order valence-corrected chi connectivity index (χ2v) is 7.25. The Kier molecular flexibility index (Phi) is 6.68. The molecule has 0 saturated carbocycles. The maximum atomic E-state index is 6.29. The molecule has 4 rings (SSSR count). The highest BCUT2D eigenvalue weighted by Crippen LogP contribution is 2.33. The fourth-order valence-corrected chi connectivity index (χ4v) is 3.31. The van der Waals surface area contributed by atoms with Gasteiger partial charge in [-0.3, -0.25) is 4.98 Å². The Balaban J connectivity index is 1.57. The SMILES string of the molecule is Cc1cccc(C=Nc2c(N)nc(OCCc3ccccn3)nc2N2CCOCC2)c1. The highest BCUT2D eigenvalue weighted by molar-refractivity contribution is 5.86. The van der Waals surface area contributed by atoms with Gasteiger partial charge in [-0.25, -0.2) is 4.99 Å². The van der Waals surface area contributed by atoms with Crippen LogP contribution in [-0.4, -0.2) is 54.1 Å². The minimum atomic E-state index is 0.240. The first kappa shape index (κ1) is 20.7. The van der Waals surface area contributed by atoms with Gasteiger partial charge in [-0.1, -0.05) is 35.9 Å². The summed E-state index contributed by atoms with van der Waals surface area (Å²) in [6, 6.07) is 14.1. The quantitative estimate of drug-likeness (QED) is 0.589. The number of pyridine rings is 1. The summed E-state index contributed by atoms with van der Waals surface area (Å²) in [6.45, 7) is 5.12. The zero-order valence-electron chi connectivity index (χ0n) is 17.6. The van der Waals surface area contributed by atoms with E-state index in [0.29, 0.717) is 50.8 Å². The summed E-state index contributed by atoms with van der Waals surface area (Å²) < 4.78 is 11.3. The van der Waals surface area contributed by atoms with Crippen LogP contribution in [0.2, 0.25) is 0 Å². The highest BCUT2D eigenvalue weighted by Gasteiger charge is 2.21. The molecule has 0 unspecified atom stereocenters. The molecule has 3 heterocycles. The van der Waals surface area contributed by atoms with Crippen molar-refractivity contribution < 1.29 is 9.47 Å². The molecular weight excluding hydrogens is 392 g/mol. The first-order valence-corrected chi connectivity index (χ1v) is 10.3. The molecule has 0 bridgehead atoms. The molecule has 0 atom stereocenters. The lowest BCUT2D eigenvalue weighted by Crippen LogP contribution is -2.37. The third-order valence-corrected chi connectivity index (χ3v) is 4.88. The average Bonchev–Trinajstić information content (AvgIpc) is 2.79. The lowest BCUT2D eigenvalue weighted by molar-refractivity contribution is 0.122. The maximum absolute atomic E-state index is 6.29. The maximum Gasteiger partial charge on any atom is 0.320 e. The summed E-state index contributed by atoms with van der Waals surface area (Å²) in [5.74, 6) is 0.945.